The van der Waals surface area contributed by atoms with Crippen LogP contribution in [0.3, 0.4) is 0 Å². The predicted molar refractivity (Wildman–Crippen MR) is 118 cm³/mol. The molecule has 0 aromatic carbocycles. The number of thiocarbonyl (C=S) groups is 1. The van der Waals surface area contributed by atoms with E-state index in [1.165, 1.54) is 32.1 Å². The first-order valence-corrected chi connectivity index (χ1v) is 10.5. The zero-order valence-corrected chi connectivity index (χ0v) is 17.4. The number of piperidine rings is 2. The van der Waals surface area contributed by atoms with Crippen LogP contribution >= 0.6 is 12.2 Å². The van der Waals surface area contributed by atoms with Crippen molar-refractivity contribution >= 4 is 34.9 Å². The van der Waals surface area contributed by atoms with Crippen molar-refractivity contribution in [1.82, 2.24) is 15.3 Å². The third-order valence-electron chi connectivity index (χ3n) is 5.54. The molecule has 1 aromatic heterocycles. The largest absolute Gasteiger partial charge is 0.359 e. The SMILES string of the molecule is C=CCNC(=S)Nc1nc(N2CCC(C)CC2)cc(N2CCCC[C@H]2C)n1. The highest BCUT2D eigenvalue weighted by Crippen LogP contribution is 2.29. The van der Waals surface area contributed by atoms with E-state index in [-0.39, 0.29) is 0 Å². The molecule has 0 spiro atoms. The molecule has 0 aliphatic carbocycles. The van der Waals surface area contributed by atoms with Crippen molar-refractivity contribution in [3.8, 4) is 0 Å². The molecular formula is C20H32N6S. The lowest BCUT2D eigenvalue weighted by Gasteiger charge is -2.36. The summed E-state index contributed by atoms with van der Waals surface area (Å²) < 4.78 is 0. The van der Waals surface area contributed by atoms with Gasteiger partial charge in [-0.1, -0.05) is 13.0 Å². The zero-order chi connectivity index (χ0) is 19.2. The van der Waals surface area contributed by atoms with E-state index in [1.807, 2.05) is 0 Å². The number of anilines is 3. The number of nitrogens with zero attached hydrogens (tertiary/aromatic N) is 4. The number of rotatable bonds is 5. The molecule has 0 bridgehead atoms. The van der Waals surface area contributed by atoms with Crippen LogP contribution in [0.5, 0.6) is 0 Å². The summed E-state index contributed by atoms with van der Waals surface area (Å²) in [4.78, 5) is 14.4. The Kier molecular flexibility index (Phi) is 6.88. The summed E-state index contributed by atoms with van der Waals surface area (Å²) in [6.45, 7) is 12.1. The van der Waals surface area contributed by atoms with Crippen LogP contribution in [0.15, 0.2) is 18.7 Å². The fourth-order valence-electron chi connectivity index (χ4n) is 3.77. The van der Waals surface area contributed by atoms with Crippen LogP contribution in [-0.4, -0.2) is 47.3 Å². The fourth-order valence-corrected chi connectivity index (χ4v) is 3.95. The summed E-state index contributed by atoms with van der Waals surface area (Å²) in [5, 5.41) is 6.77. The average molecular weight is 389 g/mol. The molecule has 27 heavy (non-hydrogen) atoms. The van der Waals surface area contributed by atoms with Gasteiger partial charge in [-0.15, -0.1) is 6.58 Å². The van der Waals surface area contributed by atoms with E-state index in [0.717, 1.165) is 37.2 Å². The Morgan fingerprint density at radius 2 is 1.93 bits per heavy atom. The molecule has 2 N–H and O–H groups in total. The molecule has 2 aliphatic rings. The van der Waals surface area contributed by atoms with Crippen molar-refractivity contribution in [3.63, 3.8) is 0 Å². The number of hydrogen-bond acceptors (Lipinski definition) is 5. The monoisotopic (exact) mass is 388 g/mol. The molecule has 3 heterocycles. The molecule has 148 valence electrons. The van der Waals surface area contributed by atoms with Gasteiger partial charge < -0.3 is 20.4 Å². The smallest absolute Gasteiger partial charge is 0.232 e. The van der Waals surface area contributed by atoms with Crippen LogP contribution in [0.1, 0.15) is 46.0 Å². The van der Waals surface area contributed by atoms with Gasteiger partial charge in [-0.25, -0.2) is 0 Å². The van der Waals surface area contributed by atoms with Crippen molar-refractivity contribution in [2.75, 3.05) is 41.3 Å². The molecular weight excluding hydrogens is 356 g/mol. The van der Waals surface area contributed by atoms with Crippen molar-refractivity contribution < 1.29 is 0 Å². The van der Waals surface area contributed by atoms with Crippen LogP contribution in [0.25, 0.3) is 0 Å². The molecule has 0 radical (unpaired) electrons. The van der Waals surface area contributed by atoms with E-state index in [2.05, 4.69) is 46.9 Å². The molecule has 0 saturated carbocycles. The quantitative estimate of drug-likeness (QED) is 0.591. The van der Waals surface area contributed by atoms with Crippen LogP contribution in [-0.2, 0) is 0 Å². The summed E-state index contributed by atoms with van der Waals surface area (Å²) in [5.41, 5.74) is 0. The topological polar surface area (TPSA) is 56.3 Å². The van der Waals surface area contributed by atoms with E-state index in [9.17, 15) is 0 Å². The van der Waals surface area contributed by atoms with Gasteiger partial charge in [0.05, 0.1) is 0 Å². The highest BCUT2D eigenvalue weighted by Gasteiger charge is 2.23. The van der Waals surface area contributed by atoms with Gasteiger partial charge in [0, 0.05) is 38.3 Å². The van der Waals surface area contributed by atoms with Gasteiger partial charge in [0.2, 0.25) is 5.95 Å². The summed E-state index contributed by atoms with van der Waals surface area (Å²) in [5.74, 6) is 3.36. The van der Waals surface area contributed by atoms with Gasteiger partial charge in [-0.05, 0) is 57.2 Å². The first-order valence-electron chi connectivity index (χ1n) is 10.1. The Balaban J connectivity index is 1.84. The Bertz CT molecular complexity index is 656. The Hall–Kier alpha value is -1.89. The van der Waals surface area contributed by atoms with E-state index >= 15 is 0 Å². The van der Waals surface area contributed by atoms with Gasteiger partial charge in [0.25, 0.3) is 0 Å². The number of aromatic nitrogens is 2. The maximum atomic E-state index is 5.36. The normalized spacial score (nSPS) is 21.0. The molecule has 7 heteroatoms. The fraction of sp³-hybridized carbons (Fsp3) is 0.650. The standard InChI is InChI=1S/C20H32N6S/c1-4-10-21-20(27)24-19-22-17(25-12-8-15(2)9-13-25)14-18(23-19)26-11-6-5-7-16(26)3/h4,14-16H,1,5-13H2,2-3H3,(H2,21,22,23,24,27)/t16-/m1/s1. The second kappa shape index (κ2) is 9.35. The minimum atomic E-state index is 0.501. The first-order chi connectivity index (χ1) is 13.1. The summed E-state index contributed by atoms with van der Waals surface area (Å²) in [6, 6.07) is 2.66. The highest BCUT2D eigenvalue weighted by molar-refractivity contribution is 7.80. The molecule has 6 nitrogen and oxygen atoms in total. The third kappa shape index (κ3) is 5.31. The maximum Gasteiger partial charge on any atom is 0.232 e. The van der Waals surface area contributed by atoms with Crippen molar-refractivity contribution in [3.05, 3.63) is 18.7 Å². The van der Waals surface area contributed by atoms with E-state index in [0.29, 0.717) is 23.6 Å². The van der Waals surface area contributed by atoms with E-state index < -0.39 is 0 Å². The van der Waals surface area contributed by atoms with Crippen LogP contribution < -0.4 is 20.4 Å². The van der Waals surface area contributed by atoms with Gasteiger partial charge in [-0.3, -0.25) is 0 Å². The van der Waals surface area contributed by atoms with Crippen LogP contribution in [0, 0.1) is 5.92 Å². The average Bonchev–Trinajstić information content (AvgIpc) is 2.67. The molecule has 2 saturated heterocycles. The van der Waals surface area contributed by atoms with Gasteiger partial charge in [-0.2, -0.15) is 9.97 Å². The Labute approximate surface area is 168 Å². The molecule has 0 amide bonds. The van der Waals surface area contributed by atoms with Crippen LogP contribution in [0.2, 0.25) is 0 Å². The van der Waals surface area contributed by atoms with Crippen molar-refractivity contribution in [2.24, 2.45) is 5.92 Å². The van der Waals surface area contributed by atoms with Crippen molar-refractivity contribution in [2.45, 2.75) is 52.0 Å². The molecule has 3 rings (SSSR count). The van der Waals surface area contributed by atoms with Gasteiger partial charge in [0.1, 0.15) is 11.6 Å². The summed E-state index contributed by atoms with van der Waals surface area (Å²) in [7, 11) is 0. The second-order valence-electron chi connectivity index (χ2n) is 7.74. The lowest BCUT2D eigenvalue weighted by molar-refractivity contribution is 0.436. The summed E-state index contributed by atoms with van der Waals surface area (Å²) in [6.07, 6.45) is 7.92. The lowest BCUT2D eigenvalue weighted by atomic mass is 9.99. The van der Waals surface area contributed by atoms with E-state index in [1.54, 1.807) is 6.08 Å². The predicted octanol–water partition coefficient (Wildman–Crippen LogP) is 3.56. The van der Waals surface area contributed by atoms with E-state index in [4.69, 9.17) is 22.2 Å². The second-order valence-corrected chi connectivity index (χ2v) is 8.15. The molecule has 1 aromatic rings. The molecule has 1 atom stereocenters. The molecule has 2 aliphatic heterocycles. The first kappa shape index (κ1) is 19.9. The lowest BCUT2D eigenvalue weighted by Crippen LogP contribution is -2.39. The van der Waals surface area contributed by atoms with Gasteiger partial charge >= 0.3 is 0 Å². The summed E-state index contributed by atoms with van der Waals surface area (Å²) >= 11 is 5.36. The van der Waals surface area contributed by atoms with Crippen LogP contribution in [0.4, 0.5) is 17.6 Å². The molecule has 0 unspecified atom stereocenters. The maximum absolute atomic E-state index is 5.36. The number of nitrogens with one attached hydrogen (secondary N) is 2. The minimum Gasteiger partial charge on any atom is -0.359 e. The zero-order valence-electron chi connectivity index (χ0n) is 16.6. The third-order valence-corrected chi connectivity index (χ3v) is 5.78. The Morgan fingerprint density at radius 3 is 2.63 bits per heavy atom. The highest BCUT2D eigenvalue weighted by atomic mass is 32.1. The number of hydrogen-bond donors (Lipinski definition) is 2. The Morgan fingerprint density at radius 1 is 1.19 bits per heavy atom. The molecule has 2 fully saturated rings. The minimum absolute atomic E-state index is 0.501. The van der Waals surface area contributed by atoms with Crippen molar-refractivity contribution in [1.29, 1.82) is 0 Å². The van der Waals surface area contributed by atoms with Gasteiger partial charge in [0.15, 0.2) is 5.11 Å².